The molecule has 0 unspecified atom stereocenters. The molecule has 0 amide bonds. The van der Waals surface area contributed by atoms with E-state index in [1.807, 2.05) is 23.7 Å². The van der Waals surface area contributed by atoms with Gasteiger partial charge in [0.15, 0.2) is 5.82 Å². The van der Waals surface area contributed by atoms with Gasteiger partial charge in [-0.2, -0.15) is 5.10 Å². The highest BCUT2D eigenvalue weighted by atomic mass is 15.2. The molecule has 0 saturated carbocycles. The van der Waals surface area contributed by atoms with Crippen molar-refractivity contribution in [3.05, 3.63) is 59.5 Å². The first kappa shape index (κ1) is 11.7. The zero-order chi connectivity index (χ0) is 13.2. The van der Waals surface area contributed by atoms with Crippen LogP contribution in [0.4, 0.5) is 5.82 Å². The van der Waals surface area contributed by atoms with Crippen LogP contribution in [-0.4, -0.2) is 14.6 Å². The molecule has 0 saturated heterocycles. The first-order valence-electron chi connectivity index (χ1n) is 6.33. The van der Waals surface area contributed by atoms with Gasteiger partial charge in [-0.3, -0.25) is 0 Å². The van der Waals surface area contributed by atoms with Gasteiger partial charge in [0.1, 0.15) is 5.52 Å². The van der Waals surface area contributed by atoms with E-state index in [1.165, 1.54) is 11.1 Å². The minimum atomic E-state index is 0.762. The summed E-state index contributed by atoms with van der Waals surface area (Å²) in [4.78, 5) is 4.39. The second-order valence-electron chi connectivity index (χ2n) is 4.73. The predicted octanol–water partition coefficient (Wildman–Crippen LogP) is 2.96. The minimum absolute atomic E-state index is 0.762. The summed E-state index contributed by atoms with van der Waals surface area (Å²) in [5, 5.41) is 7.75. The Balaban J connectivity index is 1.85. The quantitative estimate of drug-likeness (QED) is 0.779. The van der Waals surface area contributed by atoms with Crippen molar-refractivity contribution < 1.29 is 0 Å². The lowest BCUT2D eigenvalue weighted by Gasteiger charge is -2.07. The number of benzene rings is 1. The number of nitrogens with one attached hydrogen (secondary N) is 1. The number of rotatable bonds is 3. The molecule has 0 aliphatic rings. The Hall–Kier alpha value is -2.36. The highest BCUT2D eigenvalue weighted by molar-refractivity contribution is 5.67. The monoisotopic (exact) mass is 252 g/mol. The average Bonchev–Trinajstić information content (AvgIpc) is 2.77. The zero-order valence-electron chi connectivity index (χ0n) is 11.1. The lowest BCUT2D eigenvalue weighted by Crippen LogP contribution is -2.03. The topological polar surface area (TPSA) is 42.2 Å². The van der Waals surface area contributed by atoms with Crippen LogP contribution in [0.5, 0.6) is 0 Å². The van der Waals surface area contributed by atoms with Gasteiger partial charge in [0.2, 0.25) is 0 Å². The van der Waals surface area contributed by atoms with Gasteiger partial charge >= 0.3 is 0 Å². The number of nitrogens with zero attached hydrogens (tertiary/aromatic N) is 3. The molecule has 2 aromatic heterocycles. The Morgan fingerprint density at radius 2 is 2.11 bits per heavy atom. The Labute approximate surface area is 112 Å². The van der Waals surface area contributed by atoms with Gasteiger partial charge in [0.25, 0.3) is 0 Å². The lowest BCUT2D eigenvalue weighted by atomic mass is 10.1. The van der Waals surface area contributed by atoms with Crippen LogP contribution in [0, 0.1) is 13.8 Å². The van der Waals surface area contributed by atoms with E-state index >= 15 is 0 Å². The number of aromatic nitrogens is 3. The van der Waals surface area contributed by atoms with Crippen molar-refractivity contribution >= 4 is 11.3 Å². The molecule has 3 rings (SSSR count). The molecule has 96 valence electrons. The number of fused-ring (bicyclic) bond motifs is 1. The Kier molecular flexibility index (Phi) is 2.91. The van der Waals surface area contributed by atoms with Gasteiger partial charge < -0.3 is 5.32 Å². The molecule has 0 fully saturated rings. The van der Waals surface area contributed by atoms with Crippen molar-refractivity contribution in [3.63, 3.8) is 0 Å². The third-order valence-corrected chi connectivity index (χ3v) is 3.05. The van der Waals surface area contributed by atoms with Crippen LogP contribution < -0.4 is 5.32 Å². The molecular weight excluding hydrogens is 236 g/mol. The maximum absolute atomic E-state index is 4.39. The summed E-state index contributed by atoms with van der Waals surface area (Å²) in [6, 6.07) is 10.5. The summed E-state index contributed by atoms with van der Waals surface area (Å²) in [5.41, 5.74) is 4.52. The second-order valence-corrected chi connectivity index (χ2v) is 4.73. The SMILES string of the molecule is Cc1cccc(CNc2nccn3nc(C)cc23)c1. The van der Waals surface area contributed by atoms with Crippen molar-refractivity contribution in [2.75, 3.05) is 5.32 Å². The molecule has 4 nitrogen and oxygen atoms in total. The molecule has 1 N–H and O–H groups in total. The molecule has 0 aliphatic carbocycles. The smallest absolute Gasteiger partial charge is 0.152 e. The van der Waals surface area contributed by atoms with Crippen molar-refractivity contribution in [2.24, 2.45) is 0 Å². The van der Waals surface area contributed by atoms with Gasteiger partial charge in [-0.1, -0.05) is 29.8 Å². The maximum Gasteiger partial charge on any atom is 0.152 e. The summed E-state index contributed by atoms with van der Waals surface area (Å²) in [7, 11) is 0. The van der Waals surface area contributed by atoms with E-state index in [9.17, 15) is 0 Å². The summed E-state index contributed by atoms with van der Waals surface area (Å²) >= 11 is 0. The summed E-state index contributed by atoms with van der Waals surface area (Å²) in [6.45, 7) is 4.85. The highest BCUT2D eigenvalue weighted by Crippen LogP contribution is 2.15. The van der Waals surface area contributed by atoms with Crippen LogP contribution in [0.25, 0.3) is 5.52 Å². The third kappa shape index (κ3) is 2.42. The first-order valence-corrected chi connectivity index (χ1v) is 6.33. The van der Waals surface area contributed by atoms with Gasteiger partial charge in [-0.15, -0.1) is 0 Å². The zero-order valence-corrected chi connectivity index (χ0v) is 11.1. The summed E-state index contributed by atoms with van der Waals surface area (Å²) < 4.78 is 1.85. The Morgan fingerprint density at radius 1 is 1.21 bits per heavy atom. The minimum Gasteiger partial charge on any atom is -0.364 e. The molecule has 0 radical (unpaired) electrons. The average molecular weight is 252 g/mol. The van der Waals surface area contributed by atoms with E-state index in [2.05, 4.69) is 46.6 Å². The predicted molar refractivity (Wildman–Crippen MR) is 76.2 cm³/mol. The van der Waals surface area contributed by atoms with E-state index in [4.69, 9.17) is 0 Å². The van der Waals surface area contributed by atoms with Gasteiger partial charge in [0.05, 0.1) is 5.69 Å². The molecule has 2 heterocycles. The fourth-order valence-corrected chi connectivity index (χ4v) is 2.19. The molecule has 4 heteroatoms. The summed E-state index contributed by atoms with van der Waals surface area (Å²) in [5.74, 6) is 0.865. The molecule has 3 aromatic rings. The van der Waals surface area contributed by atoms with Crippen molar-refractivity contribution in [3.8, 4) is 0 Å². The standard InChI is InChI=1S/C15H16N4/c1-11-4-3-5-13(8-11)10-17-15-14-9-12(2)18-19(14)7-6-16-15/h3-9H,10H2,1-2H3,(H,16,17). The molecule has 0 bridgehead atoms. The van der Waals surface area contributed by atoms with Gasteiger partial charge in [-0.05, 0) is 25.5 Å². The van der Waals surface area contributed by atoms with Crippen molar-refractivity contribution in [2.45, 2.75) is 20.4 Å². The number of anilines is 1. The molecular formula is C15H16N4. The molecule has 0 aliphatic heterocycles. The molecule has 0 atom stereocenters. The van der Waals surface area contributed by atoms with Gasteiger partial charge in [0, 0.05) is 18.9 Å². The normalized spacial score (nSPS) is 10.8. The Morgan fingerprint density at radius 3 is 2.95 bits per heavy atom. The maximum atomic E-state index is 4.39. The van der Waals surface area contributed by atoms with Gasteiger partial charge in [-0.25, -0.2) is 9.50 Å². The van der Waals surface area contributed by atoms with Crippen LogP contribution in [0.15, 0.2) is 42.7 Å². The van der Waals surface area contributed by atoms with E-state index in [0.717, 1.165) is 23.6 Å². The number of hydrogen-bond acceptors (Lipinski definition) is 3. The highest BCUT2D eigenvalue weighted by Gasteiger charge is 2.04. The van der Waals surface area contributed by atoms with Crippen LogP contribution in [0.3, 0.4) is 0 Å². The number of hydrogen-bond donors (Lipinski definition) is 1. The van der Waals surface area contributed by atoms with E-state index in [1.54, 1.807) is 6.20 Å². The summed E-state index contributed by atoms with van der Waals surface area (Å²) in [6.07, 6.45) is 3.62. The first-order chi connectivity index (χ1) is 9.22. The van der Waals surface area contributed by atoms with E-state index in [0.29, 0.717) is 0 Å². The number of aryl methyl sites for hydroxylation is 2. The molecule has 19 heavy (non-hydrogen) atoms. The van der Waals surface area contributed by atoms with E-state index in [-0.39, 0.29) is 0 Å². The fraction of sp³-hybridized carbons (Fsp3) is 0.200. The fourth-order valence-electron chi connectivity index (χ4n) is 2.19. The molecule has 1 aromatic carbocycles. The largest absolute Gasteiger partial charge is 0.364 e. The van der Waals surface area contributed by atoms with E-state index < -0.39 is 0 Å². The lowest BCUT2D eigenvalue weighted by molar-refractivity contribution is 0.920. The van der Waals surface area contributed by atoms with Crippen LogP contribution in [0.2, 0.25) is 0 Å². The third-order valence-electron chi connectivity index (χ3n) is 3.05. The molecule has 0 spiro atoms. The van der Waals surface area contributed by atoms with Crippen LogP contribution in [0.1, 0.15) is 16.8 Å². The van der Waals surface area contributed by atoms with Crippen LogP contribution in [-0.2, 0) is 6.54 Å². The van der Waals surface area contributed by atoms with Crippen molar-refractivity contribution in [1.82, 2.24) is 14.6 Å². The Bertz CT molecular complexity index is 715. The second kappa shape index (κ2) is 4.72. The van der Waals surface area contributed by atoms with Crippen LogP contribution >= 0.6 is 0 Å². The van der Waals surface area contributed by atoms with Crippen molar-refractivity contribution in [1.29, 1.82) is 0 Å².